The van der Waals surface area contributed by atoms with Crippen LogP contribution in [0.2, 0.25) is 0 Å². The summed E-state index contributed by atoms with van der Waals surface area (Å²) in [6, 6.07) is 1.65. The van der Waals surface area contributed by atoms with E-state index in [0.29, 0.717) is 5.82 Å². The smallest absolute Gasteiger partial charge is 0.361 e. The molecule has 2 N–H and O–H groups in total. The molecule has 0 saturated carbocycles. The molecule has 0 spiro atoms. The minimum Gasteiger partial charge on any atom is -0.461 e. The van der Waals surface area contributed by atoms with Crippen LogP contribution in [0.15, 0.2) is 24.8 Å². The molecule has 17 heavy (non-hydrogen) atoms. The predicted octanol–water partition coefficient (Wildman–Crippen LogP) is 0.421. The van der Waals surface area contributed by atoms with E-state index in [2.05, 4.69) is 15.1 Å². The fourth-order valence-electron chi connectivity index (χ4n) is 1.28. The lowest BCUT2D eigenvalue weighted by Gasteiger charge is -1.98. The average Bonchev–Trinajstić information content (AvgIpc) is 2.73. The minimum absolute atomic E-state index is 0.0884. The summed E-state index contributed by atoms with van der Waals surface area (Å²) in [6.07, 6.45) is 4.47. The largest absolute Gasteiger partial charge is 0.461 e. The topological polar surface area (TPSA) is 95.9 Å². The molecule has 2 aromatic rings. The predicted molar refractivity (Wildman–Crippen MR) is 59.5 cm³/mol. The molecule has 2 heterocycles. The molecule has 0 atom stereocenters. The first-order valence-corrected chi connectivity index (χ1v) is 5.01. The Bertz CT molecular complexity index is 523. The average molecular weight is 233 g/mol. The van der Waals surface area contributed by atoms with Crippen LogP contribution in [0.4, 0.5) is 5.69 Å². The van der Waals surface area contributed by atoms with Crippen molar-refractivity contribution in [3.05, 3.63) is 30.5 Å². The standard InChI is InChI=1S/C10H11N5O2/c1-2-17-10(16)9-7(11)5-15(14-9)8-3-4-12-6-13-8/h3-6H,2,11H2,1H3. The van der Waals surface area contributed by atoms with Crippen LogP contribution in [0.5, 0.6) is 0 Å². The molecular weight excluding hydrogens is 222 g/mol. The third-order valence-corrected chi connectivity index (χ3v) is 2.01. The molecule has 0 fully saturated rings. The highest BCUT2D eigenvalue weighted by Gasteiger charge is 2.16. The van der Waals surface area contributed by atoms with Gasteiger partial charge < -0.3 is 10.5 Å². The van der Waals surface area contributed by atoms with Gasteiger partial charge in [-0.05, 0) is 6.92 Å². The van der Waals surface area contributed by atoms with E-state index in [-0.39, 0.29) is 18.0 Å². The van der Waals surface area contributed by atoms with Crippen LogP contribution in [-0.2, 0) is 4.74 Å². The maximum atomic E-state index is 11.5. The number of rotatable bonds is 3. The van der Waals surface area contributed by atoms with Gasteiger partial charge in [0.05, 0.1) is 18.5 Å². The Morgan fingerprint density at radius 1 is 1.59 bits per heavy atom. The highest BCUT2D eigenvalue weighted by Crippen LogP contribution is 2.13. The van der Waals surface area contributed by atoms with E-state index in [1.807, 2.05) is 0 Å². The molecule has 2 rings (SSSR count). The normalized spacial score (nSPS) is 10.2. The fourth-order valence-corrected chi connectivity index (χ4v) is 1.28. The Kier molecular flexibility index (Phi) is 2.99. The summed E-state index contributed by atoms with van der Waals surface area (Å²) in [5, 5.41) is 4.03. The van der Waals surface area contributed by atoms with E-state index in [9.17, 15) is 4.79 Å². The van der Waals surface area contributed by atoms with Crippen molar-refractivity contribution >= 4 is 11.7 Å². The quantitative estimate of drug-likeness (QED) is 0.772. The summed E-state index contributed by atoms with van der Waals surface area (Å²) < 4.78 is 6.24. The van der Waals surface area contributed by atoms with Gasteiger partial charge in [0, 0.05) is 12.3 Å². The van der Waals surface area contributed by atoms with E-state index >= 15 is 0 Å². The Hall–Kier alpha value is -2.44. The molecule has 0 bridgehead atoms. The highest BCUT2D eigenvalue weighted by atomic mass is 16.5. The molecule has 0 aromatic carbocycles. The lowest BCUT2D eigenvalue weighted by atomic mass is 10.4. The summed E-state index contributed by atoms with van der Waals surface area (Å²) in [5.41, 5.74) is 6.02. The van der Waals surface area contributed by atoms with E-state index in [1.165, 1.54) is 17.2 Å². The van der Waals surface area contributed by atoms with Gasteiger partial charge in [-0.1, -0.05) is 0 Å². The zero-order valence-corrected chi connectivity index (χ0v) is 9.20. The second kappa shape index (κ2) is 4.60. The second-order valence-corrected chi connectivity index (χ2v) is 3.17. The molecule has 0 aliphatic rings. The number of carbonyl (C=O) groups excluding carboxylic acids is 1. The van der Waals surface area contributed by atoms with Crippen LogP contribution < -0.4 is 5.73 Å². The van der Waals surface area contributed by atoms with Gasteiger partial charge in [-0.15, -0.1) is 0 Å². The van der Waals surface area contributed by atoms with Crippen molar-refractivity contribution in [2.45, 2.75) is 6.92 Å². The van der Waals surface area contributed by atoms with Gasteiger partial charge in [-0.2, -0.15) is 5.10 Å². The molecule has 7 nitrogen and oxygen atoms in total. The molecular formula is C10H11N5O2. The van der Waals surface area contributed by atoms with Crippen molar-refractivity contribution in [2.75, 3.05) is 12.3 Å². The van der Waals surface area contributed by atoms with Gasteiger partial charge >= 0.3 is 5.97 Å². The number of nitrogens with two attached hydrogens (primary N) is 1. The van der Waals surface area contributed by atoms with Crippen molar-refractivity contribution in [3.8, 4) is 5.82 Å². The first kappa shape index (κ1) is 11.1. The van der Waals surface area contributed by atoms with E-state index in [1.54, 1.807) is 19.2 Å². The minimum atomic E-state index is -0.544. The van der Waals surface area contributed by atoms with E-state index in [4.69, 9.17) is 10.5 Å². The van der Waals surface area contributed by atoms with Crippen LogP contribution in [0.3, 0.4) is 0 Å². The van der Waals surface area contributed by atoms with Crippen molar-refractivity contribution in [3.63, 3.8) is 0 Å². The van der Waals surface area contributed by atoms with Gasteiger partial charge in [-0.3, -0.25) is 0 Å². The summed E-state index contributed by atoms with van der Waals surface area (Å²) in [7, 11) is 0. The number of esters is 1. The van der Waals surface area contributed by atoms with Crippen LogP contribution in [0.25, 0.3) is 5.82 Å². The number of ether oxygens (including phenoxy) is 1. The van der Waals surface area contributed by atoms with E-state index < -0.39 is 5.97 Å². The number of carbonyl (C=O) groups is 1. The zero-order chi connectivity index (χ0) is 12.3. The number of hydrogen-bond acceptors (Lipinski definition) is 6. The SMILES string of the molecule is CCOC(=O)c1nn(-c2ccncn2)cc1N. The van der Waals surface area contributed by atoms with Crippen LogP contribution in [0, 0.1) is 0 Å². The van der Waals surface area contributed by atoms with Crippen LogP contribution in [-0.4, -0.2) is 32.3 Å². The number of hydrogen-bond donors (Lipinski definition) is 1. The summed E-state index contributed by atoms with van der Waals surface area (Å²) in [5.74, 6) is -0.0138. The van der Waals surface area contributed by atoms with Crippen LogP contribution >= 0.6 is 0 Å². The molecule has 0 aliphatic carbocycles. The highest BCUT2D eigenvalue weighted by molar-refractivity contribution is 5.92. The zero-order valence-electron chi connectivity index (χ0n) is 9.20. The molecule has 88 valence electrons. The third kappa shape index (κ3) is 2.22. The lowest BCUT2D eigenvalue weighted by molar-refractivity contribution is 0.0520. The van der Waals surface area contributed by atoms with E-state index in [0.717, 1.165) is 0 Å². The lowest BCUT2D eigenvalue weighted by Crippen LogP contribution is -2.08. The van der Waals surface area contributed by atoms with Gasteiger partial charge in [-0.25, -0.2) is 19.4 Å². The monoisotopic (exact) mass is 233 g/mol. The van der Waals surface area contributed by atoms with Gasteiger partial charge in [0.25, 0.3) is 0 Å². The Morgan fingerprint density at radius 3 is 3.06 bits per heavy atom. The third-order valence-electron chi connectivity index (χ3n) is 2.01. The second-order valence-electron chi connectivity index (χ2n) is 3.17. The summed E-state index contributed by atoms with van der Waals surface area (Å²) in [6.45, 7) is 1.99. The van der Waals surface area contributed by atoms with Crippen LogP contribution in [0.1, 0.15) is 17.4 Å². The molecule has 0 amide bonds. The molecule has 7 heteroatoms. The Balaban J connectivity index is 2.34. The van der Waals surface area contributed by atoms with Gasteiger partial charge in [0.15, 0.2) is 11.5 Å². The molecule has 0 unspecified atom stereocenters. The maximum absolute atomic E-state index is 11.5. The molecule has 0 aliphatic heterocycles. The number of anilines is 1. The van der Waals surface area contributed by atoms with Crippen molar-refractivity contribution in [1.29, 1.82) is 0 Å². The fraction of sp³-hybridized carbons (Fsp3) is 0.200. The first-order chi connectivity index (χ1) is 8.22. The number of aromatic nitrogens is 4. The Labute approximate surface area is 97.2 Å². The first-order valence-electron chi connectivity index (χ1n) is 5.01. The van der Waals surface area contributed by atoms with Crippen molar-refractivity contribution < 1.29 is 9.53 Å². The van der Waals surface area contributed by atoms with Gasteiger partial charge in [0.1, 0.15) is 6.33 Å². The van der Waals surface area contributed by atoms with Crippen molar-refractivity contribution in [1.82, 2.24) is 19.7 Å². The number of nitrogen functional groups attached to an aromatic ring is 1. The molecule has 0 saturated heterocycles. The summed E-state index contributed by atoms with van der Waals surface area (Å²) >= 11 is 0. The van der Waals surface area contributed by atoms with Gasteiger partial charge in [0.2, 0.25) is 0 Å². The molecule has 0 radical (unpaired) electrons. The number of nitrogens with zero attached hydrogens (tertiary/aromatic N) is 4. The molecule has 2 aromatic heterocycles. The Morgan fingerprint density at radius 2 is 2.41 bits per heavy atom. The summed E-state index contributed by atoms with van der Waals surface area (Å²) in [4.78, 5) is 19.3. The van der Waals surface area contributed by atoms with Crippen molar-refractivity contribution in [2.24, 2.45) is 0 Å². The maximum Gasteiger partial charge on any atom is 0.361 e.